The number of benzene rings is 1. The van der Waals surface area contributed by atoms with E-state index < -0.39 is 0 Å². The Bertz CT molecular complexity index is 524. The number of anilines is 3. The number of aryl methyl sites for hydroxylation is 1. The molecule has 0 saturated heterocycles. The first-order chi connectivity index (χ1) is 9.17. The normalized spacial score (nSPS) is 11.9. The van der Waals surface area contributed by atoms with Gasteiger partial charge in [-0.15, -0.1) is 5.10 Å². The van der Waals surface area contributed by atoms with Crippen molar-refractivity contribution in [1.29, 1.82) is 0 Å². The fraction of sp³-hybridized carbons (Fsp3) is 0.357. The van der Waals surface area contributed by atoms with Gasteiger partial charge in [0.15, 0.2) is 5.82 Å². The van der Waals surface area contributed by atoms with E-state index in [-0.39, 0.29) is 0 Å². The van der Waals surface area contributed by atoms with Crippen molar-refractivity contribution in [2.75, 3.05) is 10.6 Å². The first kappa shape index (κ1) is 13.3. The van der Waals surface area contributed by atoms with Crippen molar-refractivity contribution < 1.29 is 0 Å². The van der Waals surface area contributed by atoms with Gasteiger partial charge >= 0.3 is 0 Å². The Hall–Kier alpha value is -2.17. The van der Waals surface area contributed by atoms with Crippen LogP contribution >= 0.6 is 0 Å². The monoisotopic (exact) mass is 257 g/mol. The number of nitrogens with zero attached hydrogens (tertiary/aromatic N) is 3. The van der Waals surface area contributed by atoms with Crippen molar-refractivity contribution in [3.8, 4) is 0 Å². The van der Waals surface area contributed by atoms with Gasteiger partial charge in [0.1, 0.15) is 0 Å². The highest BCUT2D eigenvalue weighted by Gasteiger charge is 2.04. The lowest BCUT2D eigenvalue weighted by atomic mass is 10.2. The summed E-state index contributed by atoms with van der Waals surface area (Å²) < 4.78 is 0. The van der Waals surface area contributed by atoms with E-state index in [1.54, 1.807) is 6.20 Å². The third kappa shape index (κ3) is 3.91. The van der Waals surface area contributed by atoms with Gasteiger partial charge < -0.3 is 10.6 Å². The molecule has 1 aromatic carbocycles. The number of aromatic nitrogens is 3. The third-order valence-corrected chi connectivity index (χ3v) is 2.87. The lowest BCUT2D eigenvalue weighted by molar-refractivity contribution is 0.746. The molecule has 1 unspecified atom stereocenters. The van der Waals surface area contributed by atoms with Crippen molar-refractivity contribution in [2.24, 2.45) is 0 Å². The van der Waals surface area contributed by atoms with Crippen molar-refractivity contribution in [2.45, 2.75) is 33.2 Å². The molecule has 0 spiro atoms. The summed E-state index contributed by atoms with van der Waals surface area (Å²) in [5.41, 5.74) is 2.21. The van der Waals surface area contributed by atoms with E-state index >= 15 is 0 Å². The molecule has 100 valence electrons. The standard InChI is InChI=1S/C14H19N5/c1-4-11(3)16-14-18-13(9-15-19-14)17-12-7-5-10(2)6-8-12/h5-9,11H,4H2,1-3H3,(H2,16,17,18,19). The SMILES string of the molecule is CCC(C)Nc1nncc(Nc2ccc(C)cc2)n1. The summed E-state index contributed by atoms with van der Waals surface area (Å²) in [6.45, 7) is 6.26. The minimum absolute atomic E-state index is 0.330. The largest absolute Gasteiger partial charge is 0.350 e. The Morgan fingerprint density at radius 2 is 1.95 bits per heavy atom. The van der Waals surface area contributed by atoms with Crippen LogP contribution in [0.4, 0.5) is 17.5 Å². The van der Waals surface area contributed by atoms with E-state index in [1.165, 1.54) is 5.56 Å². The quantitative estimate of drug-likeness (QED) is 0.861. The van der Waals surface area contributed by atoms with E-state index in [2.05, 4.69) is 58.7 Å². The second-order valence-corrected chi connectivity index (χ2v) is 4.61. The van der Waals surface area contributed by atoms with Crippen LogP contribution in [0.3, 0.4) is 0 Å². The highest BCUT2D eigenvalue weighted by molar-refractivity contribution is 5.56. The summed E-state index contributed by atoms with van der Waals surface area (Å²) in [7, 11) is 0. The molecular formula is C14H19N5. The van der Waals surface area contributed by atoms with Gasteiger partial charge in [-0.2, -0.15) is 10.1 Å². The molecule has 19 heavy (non-hydrogen) atoms. The van der Waals surface area contributed by atoms with Crippen molar-refractivity contribution in [3.05, 3.63) is 36.0 Å². The van der Waals surface area contributed by atoms with Gasteiger partial charge in [0.05, 0.1) is 6.20 Å². The summed E-state index contributed by atoms with van der Waals surface area (Å²) in [5, 5.41) is 14.3. The smallest absolute Gasteiger partial charge is 0.244 e. The molecule has 5 nitrogen and oxygen atoms in total. The Kier molecular flexibility index (Phi) is 4.28. The lowest BCUT2D eigenvalue weighted by Gasteiger charge is -2.11. The van der Waals surface area contributed by atoms with Gasteiger partial charge in [-0.1, -0.05) is 24.6 Å². The summed E-state index contributed by atoms with van der Waals surface area (Å²) in [5.74, 6) is 1.23. The Labute approximate surface area is 113 Å². The van der Waals surface area contributed by atoms with Crippen LogP contribution in [0, 0.1) is 6.92 Å². The highest BCUT2D eigenvalue weighted by atomic mass is 15.3. The number of hydrogen-bond donors (Lipinski definition) is 2. The highest BCUT2D eigenvalue weighted by Crippen LogP contribution is 2.15. The lowest BCUT2D eigenvalue weighted by Crippen LogP contribution is -2.16. The average Bonchev–Trinajstić information content (AvgIpc) is 2.42. The number of nitrogens with one attached hydrogen (secondary N) is 2. The van der Waals surface area contributed by atoms with Gasteiger partial charge in [0, 0.05) is 11.7 Å². The summed E-state index contributed by atoms with van der Waals surface area (Å²) in [6, 6.07) is 8.46. The van der Waals surface area contributed by atoms with Crippen LogP contribution in [0.1, 0.15) is 25.8 Å². The van der Waals surface area contributed by atoms with Gasteiger partial charge in [0.25, 0.3) is 0 Å². The second kappa shape index (κ2) is 6.13. The fourth-order valence-electron chi connectivity index (χ4n) is 1.53. The molecule has 0 fully saturated rings. The van der Waals surface area contributed by atoms with Gasteiger partial charge in [0.2, 0.25) is 5.95 Å². The van der Waals surface area contributed by atoms with Gasteiger partial charge in [-0.25, -0.2) is 0 Å². The van der Waals surface area contributed by atoms with E-state index in [9.17, 15) is 0 Å². The van der Waals surface area contributed by atoms with Crippen LogP contribution in [-0.4, -0.2) is 21.2 Å². The number of hydrogen-bond acceptors (Lipinski definition) is 5. The zero-order valence-electron chi connectivity index (χ0n) is 11.5. The molecule has 1 heterocycles. The summed E-state index contributed by atoms with van der Waals surface area (Å²) >= 11 is 0. The predicted molar refractivity (Wildman–Crippen MR) is 77.7 cm³/mol. The zero-order chi connectivity index (χ0) is 13.7. The third-order valence-electron chi connectivity index (χ3n) is 2.87. The molecule has 0 amide bonds. The van der Waals surface area contributed by atoms with Crippen LogP contribution in [0.5, 0.6) is 0 Å². The van der Waals surface area contributed by atoms with Crippen LogP contribution in [0.25, 0.3) is 0 Å². The summed E-state index contributed by atoms with van der Waals surface area (Å²) in [4.78, 5) is 4.38. The van der Waals surface area contributed by atoms with E-state index in [0.29, 0.717) is 17.8 Å². The molecule has 0 saturated carbocycles. The molecule has 2 N–H and O–H groups in total. The van der Waals surface area contributed by atoms with Crippen molar-refractivity contribution in [1.82, 2.24) is 15.2 Å². The van der Waals surface area contributed by atoms with E-state index in [0.717, 1.165) is 12.1 Å². The molecule has 2 aromatic rings. The van der Waals surface area contributed by atoms with Crippen LogP contribution in [0.15, 0.2) is 30.5 Å². The molecule has 0 aliphatic rings. The molecule has 0 radical (unpaired) electrons. The maximum atomic E-state index is 4.38. The van der Waals surface area contributed by atoms with Gasteiger partial charge in [-0.3, -0.25) is 0 Å². The van der Waals surface area contributed by atoms with Crippen LogP contribution < -0.4 is 10.6 Å². The van der Waals surface area contributed by atoms with Crippen molar-refractivity contribution in [3.63, 3.8) is 0 Å². The molecule has 0 aliphatic heterocycles. The molecule has 2 rings (SSSR count). The fourth-order valence-corrected chi connectivity index (χ4v) is 1.53. The molecule has 1 atom stereocenters. The van der Waals surface area contributed by atoms with Crippen molar-refractivity contribution >= 4 is 17.5 Å². The van der Waals surface area contributed by atoms with E-state index in [4.69, 9.17) is 0 Å². The Balaban J connectivity index is 2.08. The molecule has 5 heteroatoms. The maximum absolute atomic E-state index is 4.38. The first-order valence-electron chi connectivity index (χ1n) is 6.47. The zero-order valence-corrected chi connectivity index (χ0v) is 11.5. The maximum Gasteiger partial charge on any atom is 0.244 e. The minimum Gasteiger partial charge on any atom is -0.350 e. The second-order valence-electron chi connectivity index (χ2n) is 4.61. The average molecular weight is 257 g/mol. The molecular weight excluding hydrogens is 238 g/mol. The van der Waals surface area contributed by atoms with Gasteiger partial charge in [-0.05, 0) is 32.4 Å². The number of rotatable bonds is 5. The van der Waals surface area contributed by atoms with Crippen LogP contribution in [0.2, 0.25) is 0 Å². The first-order valence-corrected chi connectivity index (χ1v) is 6.47. The predicted octanol–water partition coefficient (Wildman–Crippen LogP) is 3.13. The Morgan fingerprint density at radius 1 is 1.21 bits per heavy atom. The van der Waals surface area contributed by atoms with Crippen LogP contribution in [-0.2, 0) is 0 Å². The topological polar surface area (TPSA) is 62.7 Å². The summed E-state index contributed by atoms with van der Waals surface area (Å²) in [6.07, 6.45) is 2.63. The molecule has 1 aromatic heterocycles. The molecule has 0 aliphatic carbocycles. The minimum atomic E-state index is 0.330. The van der Waals surface area contributed by atoms with E-state index in [1.807, 2.05) is 12.1 Å². The molecule has 0 bridgehead atoms. The Morgan fingerprint density at radius 3 is 2.63 bits per heavy atom.